The van der Waals surface area contributed by atoms with Crippen LogP contribution < -0.4 is 5.32 Å². The SMILES string of the molecule is COC(CNC(=O)c1cccnc1SC(F)(F)F)C(=O)O. The van der Waals surface area contributed by atoms with Crippen molar-refractivity contribution in [3.8, 4) is 0 Å². The Morgan fingerprint density at radius 2 is 2.19 bits per heavy atom. The van der Waals surface area contributed by atoms with Gasteiger partial charge in [0.2, 0.25) is 0 Å². The summed E-state index contributed by atoms with van der Waals surface area (Å²) in [6, 6.07) is 2.47. The smallest absolute Gasteiger partial charge is 0.447 e. The molecule has 0 aliphatic carbocycles. The molecule has 1 heterocycles. The van der Waals surface area contributed by atoms with Gasteiger partial charge < -0.3 is 15.2 Å². The molecule has 21 heavy (non-hydrogen) atoms. The van der Waals surface area contributed by atoms with Crippen molar-refractivity contribution in [2.45, 2.75) is 16.6 Å². The number of hydrogen-bond donors (Lipinski definition) is 2. The van der Waals surface area contributed by atoms with E-state index in [0.29, 0.717) is 0 Å². The molecule has 0 aliphatic heterocycles. The van der Waals surface area contributed by atoms with Crippen LogP contribution in [0, 0.1) is 0 Å². The molecule has 0 bridgehead atoms. The number of nitrogens with zero attached hydrogens (tertiary/aromatic N) is 1. The van der Waals surface area contributed by atoms with Gasteiger partial charge in [0.25, 0.3) is 5.91 Å². The Kier molecular flexibility index (Phi) is 5.97. The molecule has 2 N–H and O–H groups in total. The van der Waals surface area contributed by atoms with Crippen LogP contribution in [0.5, 0.6) is 0 Å². The number of aliphatic carboxylic acids is 1. The number of methoxy groups -OCH3 is 1. The van der Waals surface area contributed by atoms with E-state index in [1.807, 2.05) is 0 Å². The minimum absolute atomic E-state index is 0.292. The first-order valence-electron chi connectivity index (χ1n) is 5.49. The second-order valence-electron chi connectivity index (χ2n) is 3.68. The van der Waals surface area contributed by atoms with Gasteiger partial charge in [0.1, 0.15) is 5.03 Å². The topological polar surface area (TPSA) is 88.5 Å². The molecule has 0 radical (unpaired) electrons. The minimum atomic E-state index is -4.58. The Morgan fingerprint density at radius 3 is 2.71 bits per heavy atom. The summed E-state index contributed by atoms with van der Waals surface area (Å²) in [6.07, 6.45) is -0.163. The molecule has 1 rings (SSSR count). The molecule has 1 atom stereocenters. The number of carboxylic acid groups (broad SMARTS) is 1. The molecule has 0 saturated carbocycles. The number of hydrogen-bond acceptors (Lipinski definition) is 5. The van der Waals surface area contributed by atoms with Crippen LogP contribution in [0.25, 0.3) is 0 Å². The molecule has 1 unspecified atom stereocenters. The molecule has 1 amide bonds. The molecule has 1 aromatic rings. The zero-order valence-electron chi connectivity index (χ0n) is 10.7. The van der Waals surface area contributed by atoms with Crippen LogP contribution in [-0.2, 0) is 9.53 Å². The number of pyridine rings is 1. The van der Waals surface area contributed by atoms with E-state index in [2.05, 4.69) is 15.0 Å². The van der Waals surface area contributed by atoms with Crippen LogP contribution in [0.4, 0.5) is 13.2 Å². The highest BCUT2D eigenvalue weighted by Crippen LogP contribution is 2.37. The molecule has 0 aliphatic rings. The average Bonchev–Trinajstić information content (AvgIpc) is 2.37. The Morgan fingerprint density at radius 1 is 1.52 bits per heavy atom. The third-order valence-corrected chi connectivity index (χ3v) is 2.99. The van der Waals surface area contributed by atoms with E-state index in [9.17, 15) is 22.8 Å². The van der Waals surface area contributed by atoms with Crippen LogP contribution in [0.3, 0.4) is 0 Å². The van der Waals surface area contributed by atoms with Crippen molar-refractivity contribution in [3.63, 3.8) is 0 Å². The summed E-state index contributed by atoms with van der Waals surface area (Å²) >= 11 is -0.518. The first-order chi connectivity index (χ1) is 9.74. The van der Waals surface area contributed by atoms with E-state index in [1.165, 1.54) is 12.1 Å². The number of carboxylic acids is 1. The average molecular weight is 324 g/mol. The van der Waals surface area contributed by atoms with E-state index >= 15 is 0 Å². The third-order valence-electron chi connectivity index (χ3n) is 2.24. The number of thioether (sulfide) groups is 1. The number of carbonyl (C=O) groups excluding carboxylic acids is 1. The number of rotatable bonds is 6. The van der Waals surface area contributed by atoms with Crippen molar-refractivity contribution in [1.29, 1.82) is 0 Å². The van der Waals surface area contributed by atoms with Crippen LogP contribution >= 0.6 is 11.8 Å². The monoisotopic (exact) mass is 324 g/mol. The van der Waals surface area contributed by atoms with Gasteiger partial charge >= 0.3 is 11.5 Å². The summed E-state index contributed by atoms with van der Waals surface area (Å²) in [4.78, 5) is 26.0. The highest BCUT2D eigenvalue weighted by molar-refractivity contribution is 8.00. The van der Waals surface area contributed by atoms with Crippen LogP contribution in [0.2, 0.25) is 0 Å². The molecule has 6 nitrogen and oxygen atoms in total. The molecule has 0 spiro atoms. The summed E-state index contributed by atoms with van der Waals surface area (Å²) < 4.78 is 41.7. The second-order valence-corrected chi connectivity index (χ2v) is 4.73. The number of carbonyl (C=O) groups is 2. The fourth-order valence-corrected chi connectivity index (χ4v) is 1.91. The van der Waals surface area contributed by atoms with Gasteiger partial charge in [-0.2, -0.15) is 13.2 Å². The van der Waals surface area contributed by atoms with Crippen LogP contribution in [0.1, 0.15) is 10.4 Å². The van der Waals surface area contributed by atoms with Gasteiger partial charge in [0.05, 0.1) is 12.1 Å². The van der Waals surface area contributed by atoms with Crippen LogP contribution in [0.15, 0.2) is 23.4 Å². The number of halogens is 3. The van der Waals surface area contributed by atoms with E-state index in [-0.39, 0.29) is 12.1 Å². The first-order valence-corrected chi connectivity index (χ1v) is 6.31. The number of aromatic nitrogens is 1. The van der Waals surface area contributed by atoms with Crippen molar-refractivity contribution >= 4 is 23.6 Å². The standard InChI is InChI=1S/C11H11F3N2O4S/c1-20-7(10(18)19)5-16-8(17)6-3-2-4-15-9(6)21-11(12,13)14/h2-4,7H,5H2,1H3,(H,16,17)(H,18,19). The van der Waals surface area contributed by atoms with Crippen molar-refractivity contribution in [1.82, 2.24) is 10.3 Å². The number of nitrogens with one attached hydrogen (secondary N) is 1. The largest absolute Gasteiger partial charge is 0.479 e. The van der Waals surface area contributed by atoms with Gasteiger partial charge in [-0.15, -0.1) is 0 Å². The molecule has 0 aromatic carbocycles. The summed E-state index contributed by atoms with van der Waals surface area (Å²) in [6.45, 7) is -0.379. The van der Waals surface area contributed by atoms with Crippen molar-refractivity contribution < 1.29 is 32.6 Å². The van der Waals surface area contributed by atoms with Gasteiger partial charge in [-0.3, -0.25) is 4.79 Å². The predicted molar refractivity (Wildman–Crippen MR) is 66.9 cm³/mol. The Bertz CT molecular complexity index is 524. The lowest BCUT2D eigenvalue weighted by molar-refractivity contribution is -0.148. The maximum Gasteiger partial charge on any atom is 0.447 e. The fourth-order valence-electron chi connectivity index (χ4n) is 1.31. The molecular formula is C11H11F3N2O4S. The summed E-state index contributed by atoms with van der Waals surface area (Å²) in [5.74, 6) is -2.16. The van der Waals surface area contributed by atoms with Crippen LogP contribution in [-0.4, -0.2) is 47.2 Å². The molecule has 10 heteroatoms. The van der Waals surface area contributed by atoms with Crippen molar-refractivity contribution in [3.05, 3.63) is 23.9 Å². The summed E-state index contributed by atoms with van der Waals surface area (Å²) in [5.41, 5.74) is -4.88. The fraction of sp³-hybridized carbons (Fsp3) is 0.364. The van der Waals surface area contributed by atoms with E-state index in [4.69, 9.17) is 5.11 Å². The first kappa shape index (κ1) is 17.2. The lowest BCUT2D eigenvalue weighted by Gasteiger charge is -2.13. The quantitative estimate of drug-likeness (QED) is 0.772. The predicted octanol–water partition coefficient (Wildman–Crippen LogP) is 1.52. The van der Waals surface area contributed by atoms with Crippen molar-refractivity contribution in [2.24, 2.45) is 0 Å². The molecule has 1 aromatic heterocycles. The normalized spacial score (nSPS) is 12.8. The van der Waals surface area contributed by atoms with E-state index < -0.39 is 40.3 Å². The third kappa shape index (κ3) is 5.60. The van der Waals surface area contributed by atoms with E-state index in [0.717, 1.165) is 13.3 Å². The maximum absolute atomic E-state index is 12.4. The van der Waals surface area contributed by atoms with Gasteiger partial charge in [-0.1, -0.05) is 0 Å². The second kappa shape index (κ2) is 7.27. The Balaban J connectivity index is 2.81. The Labute approximate surface area is 121 Å². The van der Waals surface area contributed by atoms with Gasteiger partial charge in [-0.25, -0.2) is 9.78 Å². The number of alkyl halides is 3. The minimum Gasteiger partial charge on any atom is -0.479 e. The lowest BCUT2D eigenvalue weighted by Crippen LogP contribution is -2.38. The summed E-state index contributed by atoms with van der Waals surface area (Å²) in [7, 11) is 1.14. The summed E-state index contributed by atoms with van der Waals surface area (Å²) in [5, 5.41) is 10.4. The van der Waals surface area contributed by atoms with Gasteiger partial charge in [0, 0.05) is 25.1 Å². The van der Waals surface area contributed by atoms with Gasteiger partial charge in [0.15, 0.2) is 6.10 Å². The molecule has 116 valence electrons. The van der Waals surface area contributed by atoms with E-state index in [1.54, 1.807) is 0 Å². The number of amides is 1. The molecular weight excluding hydrogens is 313 g/mol. The highest BCUT2D eigenvalue weighted by atomic mass is 32.2. The zero-order chi connectivity index (χ0) is 16.0. The Hall–Kier alpha value is -1.81. The zero-order valence-corrected chi connectivity index (χ0v) is 11.5. The maximum atomic E-state index is 12.4. The van der Waals surface area contributed by atoms with Crippen molar-refractivity contribution in [2.75, 3.05) is 13.7 Å². The lowest BCUT2D eigenvalue weighted by atomic mass is 10.2. The van der Waals surface area contributed by atoms with Gasteiger partial charge in [-0.05, 0) is 12.1 Å². The molecule has 0 saturated heterocycles. The highest BCUT2D eigenvalue weighted by Gasteiger charge is 2.32. The molecule has 0 fully saturated rings. The number of ether oxygens (including phenoxy) is 1.